The zero-order valence-corrected chi connectivity index (χ0v) is 15.0. The summed E-state index contributed by atoms with van der Waals surface area (Å²) >= 11 is 0. The lowest BCUT2D eigenvalue weighted by Crippen LogP contribution is -2.21. The molecule has 3 N–H and O–H groups in total. The van der Waals surface area contributed by atoms with Gasteiger partial charge in [-0.3, -0.25) is 9.59 Å². The highest BCUT2D eigenvalue weighted by atomic mass is 16.5. The fourth-order valence-electron chi connectivity index (χ4n) is 2.10. The number of hydrogen-bond acceptors (Lipinski definition) is 4. The van der Waals surface area contributed by atoms with Crippen LogP contribution in [0.4, 0.5) is 17.1 Å². The second-order valence-corrected chi connectivity index (χ2v) is 5.93. The summed E-state index contributed by atoms with van der Waals surface area (Å²) in [4.78, 5) is 23.0. The molecule has 26 heavy (non-hydrogen) atoms. The summed E-state index contributed by atoms with van der Waals surface area (Å²) in [5, 5.41) is 8.51. The van der Waals surface area contributed by atoms with Crippen molar-refractivity contribution in [3.05, 3.63) is 60.7 Å². The Morgan fingerprint density at radius 2 is 1.42 bits per heavy atom. The Labute approximate surface area is 153 Å². The number of amides is 2. The van der Waals surface area contributed by atoms with Gasteiger partial charge in [-0.15, -0.1) is 0 Å². The summed E-state index contributed by atoms with van der Waals surface area (Å²) in [6, 6.07) is 14.3. The van der Waals surface area contributed by atoms with E-state index in [9.17, 15) is 9.59 Å². The van der Waals surface area contributed by atoms with Crippen molar-refractivity contribution in [1.29, 1.82) is 0 Å². The Kier molecular flexibility index (Phi) is 6.79. The van der Waals surface area contributed by atoms with Gasteiger partial charge in [0.25, 0.3) is 0 Å². The molecule has 0 spiro atoms. The van der Waals surface area contributed by atoms with Crippen LogP contribution < -0.4 is 20.7 Å². The molecule has 0 unspecified atom stereocenters. The largest absolute Gasteiger partial charge is 0.489 e. The Balaban J connectivity index is 1.79. The predicted molar refractivity (Wildman–Crippen MR) is 105 cm³/mol. The molecule has 0 bridgehead atoms. The van der Waals surface area contributed by atoms with Crippen molar-refractivity contribution in [3.63, 3.8) is 0 Å². The Bertz CT molecular complexity index is 768. The Morgan fingerprint density at radius 1 is 0.885 bits per heavy atom. The maximum absolute atomic E-state index is 12.0. The molecule has 2 aromatic rings. The maximum Gasteiger partial charge on any atom is 0.243 e. The van der Waals surface area contributed by atoms with Gasteiger partial charge in [0.1, 0.15) is 12.4 Å². The van der Waals surface area contributed by atoms with Crippen LogP contribution in [-0.2, 0) is 9.59 Å². The van der Waals surface area contributed by atoms with Gasteiger partial charge in [-0.25, -0.2) is 0 Å². The molecule has 2 aromatic carbocycles. The minimum Gasteiger partial charge on any atom is -0.489 e. The van der Waals surface area contributed by atoms with Gasteiger partial charge in [-0.1, -0.05) is 6.58 Å². The van der Waals surface area contributed by atoms with Crippen LogP contribution in [0.25, 0.3) is 0 Å². The summed E-state index contributed by atoms with van der Waals surface area (Å²) in [7, 11) is 0. The normalized spacial score (nSPS) is 9.92. The third kappa shape index (κ3) is 6.68. The summed E-state index contributed by atoms with van der Waals surface area (Å²) in [6.07, 6.45) is 0. The first kappa shape index (κ1) is 19.1. The van der Waals surface area contributed by atoms with Crippen LogP contribution in [-0.4, -0.2) is 25.0 Å². The number of ether oxygens (including phenoxy) is 1. The van der Waals surface area contributed by atoms with E-state index in [2.05, 4.69) is 22.5 Å². The molecule has 0 radical (unpaired) electrons. The summed E-state index contributed by atoms with van der Waals surface area (Å²) in [5.41, 5.74) is 3.12. The van der Waals surface area contributed by atoms with E-state index in [1.807, 2.05) is 31.2 Å². The van der Waals surface area contributed by atoms with Crippen LogP contribution in [0.3, 0.4) is 0 Å². The lowest BCUT2D eigenvalue weighted by molar-refractivity contribution is -0.115. The highest BCUT2D eigenvalue weighted by Gasteiger charge is 2.03. The molecule has 0 heterocycles. The molecular weight excluding hydrogens is 330 g/mol. The number of carbonyl (C=O) groups excluding carboxylic acids is 2. The topological polar surface area (TPSA) is 79.5 Å². The van der Waals surface area contributed by atoms with Crippen molar-refractivity contribution >= 4 is 28.9 Å². The molecule has 0 atom stereocenters. The zero-order valence-electron chi connectivity index (χ0n) is 15.0. The second-order valence-electron chi connectivity index (χ2n) is 5.93. The van der Waals surface area contributed by atoms with Crippen LogP contribution in [0.15, 0.2) is 60.7 Å². The smallest absolute Gasteiger partial charge is 0.243 e. The Hall–Kier alpha value is -3.28. The van der Waals surface area contributed by atoms with Gasteiger partial charge >= 0.3 is 0 Å². The first-order valence-electron chi connectivity index (χ1n) is 8.21. The van der Waals surface area contributed by atoms with Crippen LogP contribution in [0.1, 0.15) is 13.8 Å². The van der Waals surface area contributed by atoms with Gasteiger partial charge in [0.05, 0.1) is 6.54 Å². The molecule has 2 rings (SSSR count). The van der Waals surface area contributed by atoms with E-state index in [-0.39, 0.29) is 18.4 Å². The standard InChI is InChI=1S/C20H23N3O3/c1-14(2)13-26-19-10-8-16(9-11-19)21-12-20(25)23-18-6-4-17(5-7-18)22-15(3)24/h4-11,21H,1,12-13H2,2-3H3,(H,22,24)(H,23,25). The minimum absolute atomic E-state index is 0.137. The van der Waals surface area contributed by atoms with Gasteiger partial charge in [-0.05, 0) is 61.0 Å². The lowest BCUT2D eigenvalue weighted by Gasteiger charge is -2.10. The van der Waals surface area contributed by atoms with Crippen molar-refractivity contribution in [3.8, 4) is 5.75 Å². The number of carbonyl (C=O) groups is 2. The molecular formula is C20H23N3O3. The van der Waals surface area contributed by atoms with E-state index in [0.717, 1.165) is 17.0 Å². The Morgan fingerprint density at radius 3 is 1.96 bits per heavy atom. The molecule has 0 fully saturated rings. The predicted octanol–water partition coefficient (Wildman–Crippen LogP) is 3.65. The van der Waals surface area contributed by atoms with E-state index < -0.39 is 0 Å². The molecule has 0 aliphatic rings. The van der Waals surface area contributed by atoms with Gasteiger partial charge in [-0.2, -0.15) is 0 Å². The van der Waals surface area contributed by atoms with E-state index in [1.165, 1.54) is 6.92 Å². The summed E-state index contributed by atoms with van der Waals surface area (Å²) < 4.78 is 5.53. The second kappa shape index (κ2) is 9.27. The van der Waals surface area contributed by atoms with Crippen molar-refractivity contribution in [2.75, 3.05) is 29.1 Å². The minimum atomic E-state index is -0.167. The third-order valence-corrected chi connectivity index (χ3v) is 3.28. The number of rotatable bonds is 8. The average Bonchev–Trinajstić information content (AvgIpc) is 2.60. The molecule has 2 amide bonds. The van der Waals surface area contributed by atoms with Crippen molar-refractivity contribution in [2.24, 2.45) is 0 Å². The first-order valence-corrected chi connectivity index (χ1v) is 8.21. The highest BCUT2D eigenvalue weighted by Crippen LogP contribution is 2.16. The number of hydrogen-bond donors (Lipinski definition) is 3. The van der Waals surface area contributed by atoms with Crippen LogP contribution in [0.2, 0.25) is 0 Å². The van der Waals surface area contributed by atoms with Crippen LogP contribution in [0, 0.1) is 0 Å². The van der Waals surface area contributed by atoms with Gasteiger partial charge in [0.2, 0.25) is 11.8 Å². The van der Waals surface area contributed by atoms with E-state index in [1.54, 1.807) is 24.3 Å². The summed E-state index contributed by atoms with van der Waals surface area (Å²) in [5.74, 6) is 0.448. The first-order chi connectivity index (χ1) is 12.4. The van der Waals surface area contributed by atoms with Crippen molar-refractivity contribution in [2.45, 2.75) is 13.8 Å². The lowest BCUT2D eigenvalue weighted by atomic mass is 10.2. The van der Waals surface area contributed by atoms with Gasteiger partial charge < -0.3 is 20.7 Å². The quantitative estimate of drug-likeness (QED) is 0.633. The SMILES string of the molecule is C=C(C)COc1ccc(NCC(=O)Nc2ccc(NC(C)=O)cc2)cc1. The zero-order chi connectivity index (χ0) is 18.9. The molecule has 0 saturated carbocycles. The van der Waals surface area contributed by atoms with Crippen molar-refractivity contribution < 1.29 is 14.3 Å². The molecule has 6 heteroatoms. The highest BCUT2D eigenvalue weighted by molar-refractivity contribution is 5.94. The summed E-state index contributed by atoms with van der Waals surface area (Å²) in [6.45, 7) is 7.76. The van der Waals surface area contributed by atoms with Gasteiger partial charge in [0, 0.05) is 24.0 Å². The molecule has 136 valence electrons. The van der Waals surface area contributed by atoms with E-state index >= 15 is 0 Å². The van der Waals surface area contributed by atoms with E-state index in [0.29, 0.717) is 18.0 Å². The fourth-order valence-corrected chi connectivity index (χ4v) is 2.10. The molecule has 0 aliphatic carbocycles. The molecule has 0 saturated heterocycles. The van der Waals surface area contributed by atoms with Gasteiger partial charge in [0.15, 0.2) is 0 Å². The average molecular weight is 353 g/mol. The molecule has 6 nitrogen and oxygen atoms in total. The fraction of sp³-hybridized carbons (Fsp3) is 0.200. The number of anilines is 3. The van der Waals surface area contributed by atoms with Crippen molar-refractivity contribution in [1.82, 2.24) is 0 Å². The third-order valence-electron chi connectivity index (χ3n) is 3.28. The molecule has 0 aliphatic heterocycles. The van der Waals surface area contributed by atoms with E-state index in [4.69, 9.17) is 4.74 Å². The van der Waals surface area contributed by atoms with Crippen LogP contribution >= 0.6 is 0 Å². The molecule has 0 aromatic heterocycles. The number of nitrogens with one attached hydrogen (secondary N) is 3. The maximum atomic E-state index is 12.0. The monoisotopic (exact) mass is 353 g/mol. The number of benzene rings is 2. The van der Waals surface area contributed by atoms with Crippen LogP contribution in [0.5, 0.6) is 5.75 Å².